The largest absolute Gasteiger partial charge is 0.461 e. The van der Waals surface area contributed by atoms with Crippen LogP contribution in [-0.2, 0) is 13.0 Å². The third kappa shape index (κ3) is 4.99. The van der Waals surface area contributed by atoms with Crippen LogP contribution in [0.1, 0.15) is 25.8 Å². The van der Waals surface area contributed by atoms with Gasteiger partial charge in [-0.3, -0.25) is 0 Å². The summed E-state index contributed by atoms with van der Waals surface area (Å²) >= 11 is 0. The fourth-order valence-electron chi connectivity index (χ4n) is 3.51. The topological polar surface area (TPSA) is 190 Å². The van der Waals surface area contributed by atoms with Gasteiger partial charge in [0.2, 0.25) is 18.1 Å². The fourth-order valence-corrected chi connectivity index (χ4v) is 3.51. The van der Waals surface area contributed by atoms with Gasteiger partial charge in [0, 0.05) is 6.54 Å². The number of aryl methyl sites for hydroxylation is 2. The summed E-state index contributed by atoms with van der Waals surface area (Å²) in [5.41, 5.74) is 8.20. The Kier molecular flexibility index (Phi) is 7.17. The van der Waals surface area contributed by atoms with Crippen molar-refractivity contribution in [2.24, 2.45) is 0 Å². The predicted octanol–water partition coefficient (Wildman–Crippen LogP) is 1.30. The summed E-state index contributed by atoms with van der Waals surface area (Å²) in [6.07, 6.45) is 2.18. The lowest BCUT2D eigenvalue weighted by Crippen LogP contribution is -2.47. The van der Waals surface area contributed by atoms with Crippen molar-refractivity contribution in [3.8, 4) is 17.3 Å². The maximum Gasteiger partial charge on any atom is 0.376 e. The van der Waals surface area contributed by atoms with Crippen molar-refractivity contribution < 1.29 is 29.6 Å². The Labute approximate surface area is 205 Å². The van der Waals surface area contributed by atoms with Crippen LogP contribution in [0.5, 0.6) is 5.75 Å². The molecule has 0 saturated heterocycles. The molecule has 0 aliphatic rings. The van der Waals surface area contributed by atoms with Gasteiger partial charge in [0.15, 0.2) is 17.1 Å². The Balaban J connectivity index is 0.00000148. The predicted molar refractivity (Wildman–Crippen MR) is 128 cm³/mol. The molecule has 5 aromatic rings. The average molecular weight is 498 g/mol. The summed E-state index contributed by atoms with van der Waals surface area (Å²) in [4.78, 5) is 8.98. The minimum Gasteiger partial charge on any atom is -0.461 e. The molecule has 0 unspecified atom stereocenters. The maximum absolute atomic E-state index is 9.38. The van der Waals surface area contributed by atoms with Gasteiger partial charge in [-0.15, -0.1) is 5.10 Å². The average Bonchev–Trinajstić information content (AvgIpc) is 3.61. The van der Waals surface area contributed by atoms with Gasteiger partial charge in [0.05, 0.1) is 17.8 Å². The van der Waals surface area contributed by atoms with E-state index >= 15 is 0 Å². The number of furan rings is 1. The molecule has 1 aromatic carbocycles. The molecule has 5 rings (SSSR count). The van der Waals surface area contributed by atoms with Gasteiger partial charge >= 0.3 is 5.97 Å². The van der Waals surface area contributed by atoms with Crippen molar-refractivity contribution in [1.82, 2.24) is 29.4 Å². The number of nitrogens with zero attached hydrogens (tertiary/aromatic N) is 6. The summed E-state index contributed by atoms with van der Waals surface area (Å²) in [5.74, 6) is -1.91. The lowest BCUT2D eigenvalue weighted by Gasteiger charge is -2.23. The van der Waals surface area contributed by atoms with E-state index in [0.29, 0.717) is 41.2 Å². The van der Waals surface area contributed by atoms with E-state index in [9.17, 15) is 10.2 Å². The molecule has 4 aromatic heterocycles. The molecule has 4 heterocycles. The summed E-state index contributed by atoms with van der Waals surface area (Å²) in [6, 6.07) is 10.00. The smallest absolute Gasteiger partial charge is 0.376 e. The first-order chi connectivity index (χ1) is 17.3. The van der Waals surface area contributed by atoms with Crippen molar-refractivity contribution in [2.75, 3.05) is 5.73 Å². The summed E-state index contributed by atoms with van der Waals surface area (Å²) in [5, 5.41) is 46.1. The third-order valence-electron chi connectivity index (χ3n) is 5.20. The number of benzene rings is 1. The first kappa shape index (κ1) is 25.1. The first-order valence-electron chi connectivity index (χ1n) is 11.3. The second-order valence-electron chi connectivity index (χ2n) is 7.60. The van der Waals surface area contributed by atoms with Gasteiger partial charge in [0.25, 0.3) is 0 Å². The number of rotatable bonds is 8. The highest BCUT2D eigenvalue weighted by atomic mass is 16.8. The second-order valence-corrected chi connectivity index (χ2v) is 7.60. The molecule has 6 N–H and O–H groups in total. The lowest BCUT2D eigenvalue weighted by atomic mass is 10.1. The number of aliphatic hydroxyl groups excluding tert-OH is 1. The number of anilines is 1. The van der Waals surface area contributed by atoms with E-state index in [1.807, 2.05) is 13.8 Å². The quantitative estimate of drug-likeness (QED) is 0.194. The van der Waals surface area contributed by atoms with E-state index in [4.69, 9.17) is 25.1 Å². The molecule has 0 bridgehead atoms. The zero-order chi connectivity index (χ0) is 25.9. The SMILES string of the molecule is CC.Nc1nc2c(cnn2CCCc2ccc(OC(O)(O)C(O)O)cc2)c2nc(-c3ccco3)nn12. The number of nitrogen functional groups attached to an aromatic ring is 1. The molecule has 0 fully saturated rings. The Hall–Kier alpha value is -4.04. The van der Waals surface area contributed by atoms with Gasteiger partial charge in [-0.25, -0.2) is 9.67 Å². The summed E-state index contributed by atoms with van der Waals surface area (Å²) in [6.45, 7) is 4.57. The number of aromatic nitrogens is 6. The van der Waals surface area contributed by atoms with Crippen molar-refractivity contribution in [3.63, 3.8) is 0 Å². The minimum absolute atomic E-state index is 0.0748. The lowest BCUT2D eigenvalue weighted by molar-refractivity contribution is -0.381. The normalized spacial score (nSPS) is 11.8. The Morgan fingerprint density at radius 3 is 2.50 bits per heavy atom. The molecule has 0 amide bonds. The molecule has 36 heavy (non-hydrogen) atoms. The van der Waals surface area contributed by atoms with Crippen LogP contribution >= 0.6 is 0 Å². The third-order valence-corrected chi connectivity index (χ3v) is 5.20. The molecule has 0 spiro atoms. The van der Waals surface area contributed by atoms with Crippen LogP contribution in [-0.4, -0.2) is 62.1 Å². The standard InChI is InChI=1S/C21H21N7O6.C2H6/c22-20-25-17-14(18-24-16(26-28(18)20)15-4-2-10-33-15)11-23-27(17)9-1-3-12-5-7-13(8-6-12)34-21(31,32)19(29)30;1-2/h2,4-8,10-11,19,29-32H,1,3,9H2,(H2,22,25);1-2H3. The molecule has 190 valence electrons. The van der Waals surface area contributed by atoms with E-state index < -0.39 is 12.3 Å². The van der Waals surface area contributed by atoms with Crippen LogP contribution < -0.4 is 10.5 Å². The molecule has 0 atom stereocenters. The number of fused-ring (bicyclic) bond motifs is 3. The van der Waals surface area contributed by atoms with Gasteiger partial charge in [0.1, 0.15) is 5.75 Å². The zero-order valence-corrected chi connectivity index (χ0v) is 19.7. The van der Waals surface area contributed by atoms with Gasteiger partial charge in [-0.1, -0.05) is 26.0 Å². The van der Waals surface area contributed by atoms with E-state index in [1.54, 1.807) is 41.4 Å². The van der Waals surface area contributed by atoms with Crippen LogP contribution in [0.25, 0.3) is 28.3 Å². The molecule has 0 aliphatic carbocycles. The maximum atomic E-state index is 9.38. The van der Waals surface area contributed by atoms with Crippen molar-refractivity contribution >= 4 is 22.6 Å². The highest BCUT2D eigenvalue weighted by Crippen LogP contribution is 2.24. The molecule has 13 nitrogen and oxygen atoms in total. The number of nitrogens with two attached hydrogens (primary N) is 1. The van der Waals surface area contributed by atoms with Crippen LogP contribution in [0.3, 0.4) is 0 Å². The Bertz CT molecular complexity index is 1430. The number of hydrogen-bond donors (Lipinski definition) is 5. The van der Waals surface area contributed by atoms with E-state index in [-0.39, 0.29) is 11.7 Å². The van der Waals surface area contributed by atoms with E-state index in [1.165, 1.54) is 16.6 Å². The zero-order valence-electron chi connectivity index (χ0n) is 19.7. The molecular formula is C23H27N7O6. The molecule has 0 radical (unpaired) electrons. The monoisotopic (exact) mass is 497 g/mol. The first-order valence-corrected chi connectivity index (χ1v) is 11.3. The summed E-state index contributed by atoms with van der Waals surface area (Å²) in [7, 11) is 0. The fraction of sp³-hybridized carbons (Fsp3) is 0.304. The number of hydrogen-bond acceptors (Lipinski definition) is 11. The molecule has 0 aliphatic heterocycles. The van der Waals surface area contributed by atoms with Crippen LogP contribution in [0.15, 0.2) is 53.3 Å². The summed E-state index contributed by atoms with van der Waals surface area (Å²) < 4.78 is 13.3. The van der Waals surface area contributed by atoms with Gasteiger partial charge < -0.3 is 35.3 Å². The van der Waals surface area contributed by atoms with Crippen LogP contribution in [0.4, 0.5) is 5.95 Å². The molecule has 13 heteroatoms. The van der Waals surface area contributed by atoms with Gasteiger partial charge in [-0.2, -0.15) is 14.6 Å². The minimum atomic E-state index is -3.09. The second kappa shape index (κ2) is 10.3. The van der Waals surface area contributed by atoms with Crippen molar-refractivity contribution in [2.45, 2.75) is 45.5 Å². The van der Waals surface area contributed by atoms with Gasteiger partial charge in [-0.05, 0) is 42.7 Å². The van der Waals surface area contributed by atoms with Crippen LogP contribution in [0.2, 0.25) is 0 Å². The van der Waals surface area contributed by atoms with Crippen LogP contribution in [0, 0.1) is 0 Å². The molecular weight excluding hydrogens is 470 g/mol. The van der Waals surface area contributed by atoms with Crippen molar-refractivity contribution in [3.05, 3.63) is 54.4 Å². The highest BCUT2D eigenvalue weighted by molar-refractivity contribution is 5.90. The highest BCUT2D eigenvalue weighted by Gasteiger charge is 2.34. The molecule has 0 saturated carbocycles. The van der Waals surface area contributed by atoms with Crippen molar-refractivity contribution in [1.29, 1.82) is 0 Å². The number of ether oxygens (including phenoxy) is 1. The number of aliphatic hydroxyl groups is 4. The Morgan fingerprint density at radius 2 is 1.83 bits per heavy atom. The van der Waals surface area contributed by atoms with E-state index in [0.717, 1.165) is 12.0 Å². The Morgan fingerprint density at radius 1 is 1.08 bits per heavy atom. The van der Waals surface area contributed by atoms with E-state index in [2.05, 4.69) is 20.2 Å².